The molecule has 0 saturated carbocycles. The van der Waals surface area contributed by atoms with Crippen molar-refractivity contribution < 1.29 is 13.9 Å². The van der Waals surface area contributed by atoms with E-state index in [9.17, 15) is 0 Å². The Balaban J connectivity index is 2.05. The zero-order valence-electron chi connectivity index (χ0n) is 9.15. The standard InChI is InChI=1S/C11H19NO3/c1-2-14-10(8-12)5-7-13-9-11-4-3-6-15-11/h3-4,6,10H,2,5,7-9,12H2,1H3. The largest absolute Gasteiger partial charge is 0.467 e. The van der Waals surface area contributed by atoms with Gasteiger partial charge in [0.25, 0.3) is 0 Å². The van der Waals surface area contributed by atoms with Gasteiger partial charge in [-0.2, -0.15) is 0 Å². The smallest absolute Gasteiger partial charge is 0.129 e. The lowest BCUT2D eigenvalue weighted by Gasteiger charge is -2.14. The lowest BCUT2D eigenvalue weighted by Crippen LogP contribution is -2.25. The molecule has 0 aliphatic rings. The van der Waals surface area contributed by atoms with Gasteiger partial charge < -0.3 is 19.6 Å². The third kappa shape index (κ3) is 4.97. The average molecular weight is 213 g/mol. The number of ether oxygens (including phenoxy) is 2. The van der Waals surface area contributed by atoms with Gasteiger partial charge in [-0.05, 0) is 25.5 Å². The molecule has 0 radical (unpaired) electrons. The normalized spacial score (nSPS) is 12.9. The van der Waals surface area contributed by atoms with Crippen molar-refractivity contribution in [1.29, 1.82) is 0 Å². The Morgan fingerprint density at radius 2 is 2.40 bits per heavy atom. The summed E-state index contributed by atoms with van der Waals surface area (Å²) in [6.07, 6.45) is 2.57. The molecule has 1 heterocycles. The van der Waals surface area contributed by atoms with Crippen molar-refractivity contribution in [3.05, 3.63) is 24.2 Å². The van der Waals surface area contributed by atoms with Crippen molar-refractivity contribution in [3.63, 3.8) is 0 Å². The Bertz CT molecular complexity index is 236. The SMILES string of the molecule is CCOC(CN)CCOCc1ccco1. The fourth-order valence-corrected chi connectivity index (χ4v) is 1.29. The Hall–Kier alpha value is -0.840. The molecule has 0 aliphatic heterocycles. The second kappa shape index (κ2) is 7.45. The minimum Gasteiger partial charge on any atom is -0.467 e. The number of rotatable bonds is 8. The molecule has 1 rings (SSSR count). The van der Waals surface area contributed by atoms with Crippen LogP contribution in [0.5, 0.6) is 0 Å². The first kappa shape index (κ1) is 12.2. The maximum Gasteiger partial charge on any atom is 0.129 e. The van der Waals surface area contributed by atoms with Gasteiger partial charge in [0.1, 0.15) is 12.4 Å². The summed E-state index contributed by atoms with van der Waals surface area (Å²) >= 11 is 0. The second-order valence-corrected chi connectivity index (χ2v) is 3.23. The van der Waals surface area contributed by atoms with Crippen molar-refractivity contribution in [1.82, 2.24) is 0 Å². The van der Waals surface area contributed by atoms with E-state index >= 15 is 0 Å². The quantitative estimate of drug-likeness (QED) is 0.666. The van der Waals surface area contributed by atoms with Gasteiger partial charge in [0, 0.05) is 19.8 Å². The molecular formula is C11H19NO3. The van der Waals surface area contributed by atoms with E-state index in [0.29, 0.717) is 26.4 Å². The molecular weight excluding hydrogens is 194 g/mol. The van der Waals surface area contributed by atoms with Crippen LogP contribution in [0.25, 0.3) is 0 Å². The lowest BCUT2D eigenvalue weighted by atomic mass is 10.2. The first-order valence-electron chi connectivity index (χ1n) is 5.28. The molecule has 1 aromatic heterocycles. The Morgan fingerprint density at radius 1 is 1.53 bits per heavy atom. The van der Waals surface area contributed by atoms with Gasteiger partial charge in [-0.25, -0.2) is 0 Å². The van der Waals surface area contributed by atoms with Crippen LogP contribution in [-0.4, -0.2) is 25.9 Å². The molecule has 15 heavy (non-hydrogen) atoms. The monoisotopic (exact) mass is 213 g/mol. The molecule has 0 aromatic carbocycles. The van der Waals surface area contributed by atoms with Crippen LogP contribution in [0.1, 0.15) is 19.1 Å². The minimum absolute atomic E-state index is 0.103. The van der Waals surface area contributed by atoms with Gasteiger partial charge in [-0.3, -0.25) is 0 Å². The summed E-state index contributed by atoms with van der Waals surface area (Å²) in [5.74, 6) is 0.843. The predicted octanol–water partition coefficient (Wildman–Crippen LogP) is 1.55. The molecule has 1 unspecified atom stereocenters. The first-order valence-corrected chi connectivity index (χ1v) is 5.28. The summed E-state index contributed by atoms with van der Waals surface area (Å²) in [6.45, 7) is 4.35. The molecule has 0 aliphatic carbocycles. The van der Waals surface area contributed by atoms with E-state index in [1.165, 1.54) is 0 Å². The predicted molar refractivity (Wildman–Crippen MR) is 57.4 cm³/mol. The highest BCUT2D eigenvalue weighted by molar-refractivity contribution is 4.95. The molecule has 4 heteroatoms. The van der Waals surface area contributed by atoms with Crippen LogP contribution in [0.2, 0.25) is 0 Å². The summed E-state index contributed by atoms with van der Waals surface area (Å²) in [7, 11) is 0. The van der Waals surface area contributed by atoms with Gasteiger partial charge in [-0.15, -0.1) is 0 Å². The topological polar surface area (TPSA) is 57.6 Å². The summed E-state index contributed by atoms with van der Waals surface area (Å²) < 4.78 is 16.0. The molecule has 4 nitrogen and oxygen atoms in total. The molecule has 0 bridgehead atoms. The first-order chi connectivity index (χ1) is 7.36. The number of hydrogen-bond donors (Lipinski definition) is 1. The number of furan rings is 1. The van der Waals surface area contributed by atoms with Crippen LogP contribution in [-0.2, 0) is 16.1 Å². The van der Waals surface area contributed by atoms with Gasteiger partial charge >= 0.3 is 0 Å². The van der Waals surface area contributed by atoms with Crippen LogP contribution >= 0.6 is 0 Å². The van der Waals surface area contributed by atoms with Gasteiger partial charge in [0.15, 0.2) is 0 Å². The summed E-state index contributed by atoms with van der Waals surface area (Å²) in [4.78, 5) is 0. The van der Waals surface area contributed by atoms with Crippen LogP contribution in [0, 0.1) is 0 Å². The lowest BCUT2D eigenvalue weighted by molar-refractivity contribution is 0.0257. The summed E-state index contributed by atoms with van der Waals surface area (Å²) in [5.41, 5.74) is 5.54. The van der Waals surface area contributed by atoms with Crippen molar-refractivity contribution in [2.75, 3.05) is 19.8 Å². The van der Waals surface area contributed by atoms with Crippen LogP contribution in [0.15, 0.2) is 22.8 Å². The summed E-state index contributed by atoms with van der Waals surface area (Å²) in [5, 5.41) is 0. The molecule has 0 saturated heterocycles. The molecule has 86 valence electrons. The molecule has 2 N–H and O–H groups in total. The highest BCUT2D eigenvalue weighted by Gasteiger charge is 2.05. The van der Waals surface area contributed by atoms with Crippen molar-refractivity contribution in [2.24, 2.45) is 5.73 Å². The van der Waals surface area contributed by atoms with E-state index < -0.39 is 0 Å². The highest BCUT2D eigenvalue weighted by atomic mass is 16.5. The summed E-state index contributed by atoms with van der Waals surface area (Å²) in [6, 6.07) is 3.74. The van der Waals surface area contributed by atoms with E-state index in [-0.39, 0.29) is 6.10 Å². The van der Waals surface area contributed by atoms with Crippen molar-refractivity contribution in [2.45, 2.75) is 26.1 Å². The van der Waals surface area contributed by atoms with Crippen molar-refractivity contribution in [3.8, 4) is 0 Å². The van der Waals surface area contributed by atoms with E-state index in [0.717, 1.165) is 12.2 Å². The van der Waals surface area contributed by atoms with Crippen LogP contribution in [0.3, 0.4) is 0 Å². The van der Waals surface area contributed by atoms with E-state index in [1.807, 2.05) is 19.1 Å². The molecule has 1 atom stereocenters. The average Bonchev–Trinajstić information content (AvgIpc) is 2.75. The fourth-order valence-electron chi connectivity index (χ4n) is 1.29. The fraction of sp³-hybridized carbons (Fsp3) is 0.636. The third-order valence-corrected chi connectivity index (χ3v) is 2.07. The van der Waals surface area contributed by atoms with E-state index in [2.05, 4.69) is 0 Å². The molecule has 0 fully saturated rings. The Morgan fingerprint density at radius 3 is 3.00 bits per heavy atom. The molecule has 0 amide bonds. The second-order valence-electron chi connectivity index (χ2n) is 3.23. The minimum atomic E-state index is 0.103. The van der Waals surface area contributed by atoms with E-state index in [4.69, 9.17) is 19.6 Å². The van der Waals surface area contributed by atoms with Crippen molar-refractivity contribution >= 4 is 0 Å². The number of hydrogen-bond acceptors (Lipinski definition) is 4. The Labute approximate surface area is 90.3 Å². The Kier molecular flexibility index (Phi) is 6.08. The third-order valence-electron chi connectivity index (χ3n) is 2.07. The molecule has 1 aromatic rings. The van der Waals surface area contributed by atoms with Crippen LogP contribution < -0.4 is 5.73 Å². The zero-order valence-corrected chi connectivity index (χ0v) is 9.15. The van der Waals surface area contributed by atoms with E-state index in [1.54, 1.807) is 6.26 Å². The maximum atomic E-state index is 5.54. The number of nitrogens with two attached hydrogens (primary N) is 1. The van der Waals surface area contributed by atoms with Gasteiger partial charge in [-0.1, -0.05) is 0 Å². The zero-order chi connectivity index (χ0) is 10.9. The van der Waals surface area contributed by atoms with Crippen LogP contribution in [0.4, 0.5) is 0 Å². The maximum absolute atomic E-state index is 5.54. The molecule has 0 spiro atoms. The highest BCUT2D eigenvalue weighted by Crippen LogP contribution is 2.03. The van der Waals surface area contributed by atoms with Gasteiger partial charge in [0.05, 0.1) is 12.4 Å². The van der Waals surface area contributed by atoms with Gasteiger partial charge in [0.2, 0.25) is 0 Å².